The van der Waals surface area contributed by atoms with Gasteiger partial charge in [0.15, 0.2) is 0 Å². The number of thiol groups is 1. The van der Waals surface area contributed by atoms with Crippen LogP contribution in [0, 0.1) is 0 Å². The average Bonchev–Trinajstić information content (AvgIpc) is 1.87. The third-order valence-corrected chi connectivity index (χ3v) is 1.95. The van der Waals surface area contributed by atoms with Gasteiger partial charge in [-0.2, -0.15) is 0 Å². The Morgan fingerprint density at radius 2 is 2.43 bits per heavy atom. The fourth-order valence-corrected chi connectivity index (χ4v) is 1.47. The van der Waals surface area contributed by atoms with Gasteiger partial charge in [-0.25, -0.2) is 0 Å². The first kappa shape index (κ1) is 4.94. The minimum Gasteiger partial charge on any atom is -0.347 e. The first-order valence-corrected chi connectivity index (χ1v) is 3.56. The minimum absolute atomic E-state index is 0.847. The van der Waals surface area contributed by atoms with Crippen molar-refractivity contribution >= 4 is 11.2 Å². The third-order valence-electron chi connectivity index (χ3n) is 0.826. The summed E-state index contributed by atoms with van der Waals surface area (Å²) in [6, 6.07) is 0. The van der Waals surface area contributed by atoms with Gasteiger partial charge in [-0.3, -0.25) is 0 Å². The van der Waals surface area contributed by atoms with Crippen molar-refractivity contribution in [3.05, 3.63) is 22.5 Å². The molecule has 1 unspecified atom stereocenters. The molecule has 1 aliphatic rings. The molecule has 0 aliphatic carbocycles. The van der Waals surface area contributed by atoms with Crippen LogP contribution >= 0.6 is 11.2 Å². The van der Waals surface area contributed by atoms with Crippen LogP contribution in [0.15, 0.2) is 22.5 Å². The summed E-state index contributed by atoms with van der Waals surface area (Å²) in [5, 5.41) is 3.69. The molecule has 1 heterocycles. The van der Waals surface area contributed by atoms with E-state index in [1.807, 2.05) is 23.8 Å². The number of allylic oxidation sites excluding steroid dienone is 2. The fourth-order valence-electron chi connectivity index (χ4n) is 0.489. The van der Waals surface area contributed by atoms with Gasteiger partial charge in [0.05, 0.1) is 0 Å². The Kier molecular flexibility index (Phi) is 1.21. The molecule has 1 atom stereocenters. The first-order chi connectivity index (χ1) is 3.29. The molecule has 0 saturated carbocycles. The van der Waals surface area contributed by atoms with Crippen molar-refractivity contribution in [2.75, 3.05) is 0 Å². The van der Waals surface area contributed by atoms with Crippen LogP contribution in [0.3, 0.4) is 0 Å². The van der Waals surface area contributed by atoms with E-state index in [4.69, 9.17) is 4.55 Å². The molecule has 1 N–H and O–H groups in total. The normalized spacial score (nSPS) is 33.4. The minimum atomic E-state index is -0.847. The second-order valence-corrected chi connectivity index (χ2v) is 2.89. The molecule has 1 nitrogen and oxygen atoms in total. The Morgan fingerprint density at radius 1 is 1.71 bits per heavy atom. The van der Waals surface area contributed by atoms with Crippen LogP contribution in [-0.4, -0.2) is 4.55 Å². The van der Waals surface area contributed by atoms with E-state index >= 15 is 0 Å². The third kappa shape index (κ3) is 1.08. The van der Waals surface area contributed by atoms with Gasteiger partial charge in [0.1, 0.15) is 0 Å². The molecule has 7 heavy (non-hydrogen) atoms. The van der Waals surface area contributed by atoms with Crippen molar-refractivity contribution in [2.45, 2.75) is 6.92 Å². The number of hydrogen-bond donors (Lipinski definition) is 2. The summed E-state index contributed by atoms with van der Waals surface area (Å²) in [5.74, 6) is 0. The summed E-state index contributed by atoms with van der Waals surface area (Å²) in [7, 11) is 0. The molecule has 40 valence electrons. The van der Waals surface area contributed by atoms with Crippen molar-refractivity contribution in [3.8, 4) is 0 Å². The highest BCUT2D eigenvalue weighted by Gasteiger charge is 1.94. The Balaban J connectivity index is 2.69. The summed E-state index contributed by atoms with van der Waals surface area (Å²) in [4.78, 5) is 0. The molecule has 1 rings (SSSR count). The van der Waals surface area contributed by atoms with Crippen LogP contribution in [-0.2, 0) is 0 Å². The van der Waals surface area contributed by atoms with Gasteiger partial charge in [-0.05, 0) is 23.3 Å². The maximum absolute atomic E-state index is 8.80. The maximum Gasteiger partial charge on any atom is -0.0199 e. The predicted octanol–water partition coefficient (Wildman–Crippen LogP) is 1.89. The monoisotopic (exact) mass is 116 g/mol. The van der Waals surface area contributed by atoms with Gasteiger partial charge in [0.2, 0.25) is 0 Å². The second-order valence-electron chi connectivity index (χ2n) is 1.57. The lowest BCUT2D eigenvalue weighted by Gasteiger charge is -1.92. The molecule has 0 spiro atoms. The van der Waals surface area contributed by atoms with Crippen molar-refractivity contribution in [1.29, 1.82) is 0 Å². The molecule has 0 amide bonds. The lowest BCUT2D eigenvalue weighted by atomic mass is 10.4. The predicted molar refractivity (Wildman–Crippen MR) is 34.5 cm³/mol. The van der Waals surface area contributed by atoms with E-state index in [2.05, 4.69) is 0 Å². The second kappa shape index (κ2) is 1.72. The zero-order chi connectivity index (χ0) is 5.28. The molecule has 0 saturated heterocycles. The molecular weight excluding hydrogens is 108 g/mol. The van der Waals surface area contributed by atoms with E-state index in [1.54, 1.807) is 0 Å². The van der Waals surface area contributed by atoms with Crippen molar-refractivity contribution in [3.63, 3.8) is 0 Å². The molecule has 0 aromatic rings. The molecule has 2 heteroatoms. The van der Waals surface area contributed by atoms with E-state index in [0.29, 0.717) is 0 Å². The van der Waals surface area contributed by atoms with Crippen LogP contribution in [0.4, 0.5) is 0 Å². The first-order valence-electron chi connectivity index (χ1n) is 2.13. The molecule has 1 aliphatic heterocycles. The van der Waals surface area contributed by atoms with Crippen LogP contribution in [0.2, 0.25) is 0 Å². The number of rotatable bonds is 0. The van der Waals surface area contributed by atoms with E-state index in [1.165, 1.54) is 5.57 Å². The van der Waals surface area contributed by atoms with Crippen LogP contribution < -0.4 is 0 Å². The van der Waals surface area contributed by atoms with E-state index in [0.717, 1.165) is 0 Å². The summed E-state index contributed by atoms with van der Waals surface area (Å²) in [5.41, 5.74) is 1.17. The lowest BCUT2D eigenvalue weighted by Crippen LogP contribution is -1.55. The van der Waals surface area contributed by atoms with Crippen molar-refractivity contribution in [1.82, 2.24) is 0 Å². The molecule has 0 aromatic carbocycles. The average molecular weight is 116 g/mol. The molecule has 0 bridgehead atoms. The highest BCUT2D eigenvalue weighted by Crippen LogP contribution is 2.30. The SMILES string of the molecule is CC1=C[SH](O)C=C1. The molecule has 0 fully saturated rings. The quantitative estimate of drug-likeness (QED) is 0.463. The van der Waals surface area contributed by atoms with Crippen LogP contribution in [0.5, 0.6) is 0 Å². The Bertz CT molecular complexity index is 126. The Labute approximate surface area is 45.9 Å². The van der Waals surface area contributed by atoms with Gasteiger partial charge < -0.3 is 4.55 Å². The van der Waals surface area contributed by atoms with Crippen LogP contribution in [0.25, 0.3) is 0 Å². The van der Waals surface area contributed by atoms with Gasteiger partial charge >= 0.3 is 0 Å². The zero-order valence-electron chi connectivity index (χ0n) is 4.13. The largest absolute Gasteiger partial charge is 0.347 e. The highest BCUT2D eigenvalue weighted by atomic mass is 32.2. The van der Waals surface area contributed by atoms with Gasteiger partial charge in [-0.15, -0.1) is 11.2 Å². The zero-order valence-corrected chi connectivity index (χ0v) is 5.02. The van der Waals surface area contributed by atoms with E-state index < -0.39 is 11.2 Å². The summed E-state index contributed by atoms with van der Waals surface area (Å²) in [6.07, 6.45) is 1.94. The van der Waals surface area contributed by atoms with E-state index in [-0.39, 0.29) is 0 Å². The van der Waals surface area contributed by atoms with E-state index in [9.17, 15) is 0 Å². The fraction of sp³-hybridized carbons (Fsp3) is 0.200. The smallest absolute Gasteiger partial charge is 0.0199 e. The maximum atomic E-state index is 8.80. The molecule has 0 aromatic heterocycles. The Morgan fingerprint density at radius 3 is 2.57 bits per heavy atom. The summed E-state index contributed by atoms with van der Waals surface area (Å²) >= 11 is -0.847. The summed E-state index contributed by atoms with van der Waals surface area (Å²) < 4.78 is 8.80. The van der Waals surface area contributed by atoms with Gasteiger partial charge in [-0.1, -0.05) is 6.08 Å². The Hall–Kier alpha value is -0.210. The van der Waals surface area contributed by atoms with Gasteiger partial charge in [0.25, 0.3) is 0 Å². The van der Waals surface area contributed by atoms with Crippen molar-refractivity contribution in [2.24, 2.45) is 0 Å². The molecule has 0 radical (unpaired) electrons. The number of hydrogen-bond acceptors (Lipinski definition) is 1. The summed E-state index contributed by atoms with van der Waals surface area (Å²) in [6.45, 7) is 1.98. The van der Waals surface area contributed by atoms with Crippen molar-refractivity contribution < 1.29 is 4.55 Å². The van der Waals surface area contributed by atoms with Crippen LogP contribution in [0.1, 0.15) is 6.92 Å². The topological polar surface area (TPSA) is 20.2 Å². The molecular formula is C5H8OS. The lowest BCUT2D eigenvalue weighted by molar-refractivity contribution is 0.662. The highest BCUT2D eigenvalue weighted by molar-refractivity contribution is 8.17. The standard InChI is InChI=1S/C5H8OS/c1-5-2-3-7(6)4-5/h2-4,6-7H,1H3. The van der Waals surface area contributed by atoms with Gasteiger partial charge in [0, 0.05) is 0 Å².